The first-order valence-corrected chi connectivity index (χ1v) is 13.1. The van der Waals surface area contributed by atoms with Crippen LogP contribution in [0.25, 0.3) is 10.9 Å². The fraction of sp³-hybridized carbons (Fsp3) is 0.320. The molecule has 2 aromatic carbocycles. The molecule has 1 aliphatic heterocycles. The molecule has 1 aliphatic carbocycles. The van der Waals surface area contributed by atoms with E-state index in [-0.39, 0.29) is 17.7 Å². The van der Waals surface area contributed by atoms with Crippen LogP contribution in [0.4, 0.5) is 10.1 Å². The van der Waals surface area contributed by atoms with Crippen molar-refractivity contribution in [3.63, 3.8) is 0 Å². The van der Waals surface area contributed by atoms with Crippen LogP contribution in [0.15, 0.2) is 47.3 Å². The van der Waals surface area contributed by atoms with Gasteiger partial charge in [-0.05, 0) is 42.7 Å². The summed E-state index contributed by atoms with van der Waals surface area (Å²) >= 11 is 0. The maximum atomic E-state index is 13.9. The summed E-state index contributed by atoms with van der Waals surface area (Å²) in [5.74, 6) is -1.25. The standard InChI is InChI=1S/C25H23FN4O4S/c1-35(33,34)25(7-8-25)15-29-9-10-30-22-17(3-2-4-21(22)29)12-19(24(30)32)23(31)28-14-16-5-6-18(13-27)20(26)11-16/h2-6,11-12H,7-10,14-15H2,1H3,(H,28,31). The van der Waals surface area contributed by atoms with Gasteiger partial charge in [-0.1, -0.05) is 18.2 Å². The molecule has 2 aliphatic rings. The van der Waals surface area contributed by atoms with E-state index in [1.807, 2.05) is 23.1 Å². The molecule has 0 spiro atoms. The van der Waals surface area contributed by atoms with Gasteiger partial charge in [0.1, 0.15) is 17.4 Å². The van der Waals surface area contributed by atoms with Crippen LogP contribution in [0.3, 0.4) is 0 Å². The number of nitrogens with one attached hydrogen (secondary N) is 1. The third-order valence-corrected chi connectivity index (χ3v) is 9.06. The number of sulfone groups is 1. The number of hydrogen-bond acceptors (Lipinski definition) is 6. The Kier molecular flexibility index (Phi) is 5.40. The zero-order valence-electron chi connectivity index (χ0n) is 19.0. The highest BCUT2D eigenvalue weighted by molar-refractivity contribution is 7.92. The number of hydrogen-bond donors (Lipinski definition) is 1. The summed E-state index contributed by atoms with van der Waals surface area (Å²) in [6.45, 7) is 1.16. The highest BCUT2D eigenvalue weighted by Gasteiger charge is 2.53. The fourth-order valence-corrected chi connectivity index (χ4v) is 5.96. The third-order valence-electron chi connectivity index (χ3n) is 6.95. The molecule has 1 amide bonds. The Morgan fingerprint density at radius 3 is 2.63 bits per heavy atom. The Labute approximate surface area is 201 Å². The fourth-order valence-electron chi connectivity index (χ4n) is 4.73. The highest BCUT2D eigenvalue weighted by Crippen LogP contribution is 2.45. The Hall–Kier alpha value is -3.71. The Balaban J connectivity index is 1.44. The minimum absolute atomic E-state index is 0.000328. The zero-order chi connectivity index (χ0) is 25.0. The monoisotopic (exact) mass is 494 g/mol. The molecule has 1 saturated carbocycles. The molecule has 0 bridgehead atoms. The lowest BCUT2D eigenvalue weighted by molar-refractivity contribution is 0.0949. The SMILES string of the molecule is CS(=O)(=O)C1(CN2CCn3c(=O)c(C(=O)NCc4ccc(C#N)c(F)c4)cc4cccc2c43)CC1. The van der Waals surface area contributed by atoms with Crippen LogP contribution in [-0.2, 0) is 22.9 Å². The second kappa shape index (κ2) is 8.20. The van der Waals surface area contributed by atoms with Crippen LogP contribution in [0, 0.1) is 17.1 Å². The number of benzene rings is 2. The van der Waals surface area contributed by atoms with Gasteiger partial charge < -0.3 is 14.8 Å². The zero-order valence-corrected chi connectivity index (χ0v) is 19.9. The first-order chi connectivity index (χ1) is 16.6. The predicted octanol–water partition coefficient (Wildman–Crippen LogP) is 2.34. The number of pyridine rings is 1. The summed E-state index contributed by atoms with van der Waals surface area (Å²) in [5.41, 5.74) is 1.39. The second-order valence-electron chi connectivity index (χ2n) is 9.22. The Bertz CT molecular complexity index is 1590. The maximum Gasteiger partial charge on any atom is 0.264 e. The first-order valence-electron chi connectivity index (χ1n) is 11.2. The lowest BCUT2D eigenvalue weighted by Gasteiger charge is -2.34. The molecule has 2 heterocycles. The number of nitriles is 1. The van der Waals surface area contributed by atoms with Crippen LogP contribution in [-0.4, -0.2) is 43.0 Å². The Morgan fingerprint density at radius 2 is 1.97 bits per heavy atom. The van der Waals surface area contributed by atoms with Crippen molar-refractivity contribution in [2.75, 3.05) is 24.2 Å². The summed E-state index contributed by atoms with van der Waals surface area (Å²) in [5, 5.41) is 12.2. The van der Waals surface area contributed by atoms with E-state index in [4.69, 9.17) is 5.26 Å². The van der Waals surface area contributed by atoms with E-state index in [0.717, 1.165) is 5.69 Å². The van der Waals surface area contributed by atoms with Crippen molar-refractivity contribution in [3.05, 3.63) is 75.3 Å². The van der Waals surface area contributed by atoms with Crippen molar-refractivity contribution in [3.8, 4) is 6.07 Å². The lowest BCUT2D eigenvalue weighted by Crippen LogP contribution is -2.44. The van der Waals surface area contributed by atoms with Gasteiger partial charge in [-0.3, -0.25) is 9.59 Å². The average molecular weight is 495 g/mol. The van der Waals surface area contributed by atoms with E-state index in [0.29, 0.717) is 48.9 Å². The topological polar surface area (TPSA) is 112 Å². The Morgan fingerprint density at radius 1 is 1.20 bits per heavy atom. The molecule has 35 heavy (non-hydrogen) atoms. The smallest absolute Gasteiger partial charge is 0.264 e. The minimum atomic E-state index is -3.20. The highest BCUT2D eigenvalue weighted by atomic mass is 32.2. The molecule has 8 nitrogen and oxygen atoms in total. The van der Waals surface area contributed by atoms with Crippen molar-refractivity contribution in [2.45, 2.75) is 30.7 Å². The molecule has 1 aromatic heterocycles. The molecule has 0 atom stereocenters. The summed E-state index contributed by atoms with van der Waals surface area (Å²) in [6.07, 6.45) is 2.54. The summed E-state index contributed by atoms with van der Waals surface area (Å²) in [4.78, 5) is 28.2. The van der Waals surface area contributed by atoms with Crippen molar-refractivity contribution in [1.29, 1.82) is 5.26 Å². The second-order valence-corrected chi connectivity index (χ2v) is 11.6. The molecule has 180 valence electrons. The molecule has 5 rings (SSSR count). The normalized spacial score (nSPS) is 16.1. The molecule has 1 fully saturated rings. The number of carbonyl (C=O) groups is 1. The molecule has 0 unspecified atom stereocenters. The number of amides is 1. The van der Waals surface area contributed by atoms with Crippen LogP contribution in [0.2, 0.25) is 0 Å². The number of halogens is 1. The van der Waals surface area contributed by atoms with Gasteiger partial charge in [0.05, 0.1) is 21.5 Å². The van der Waals surface area contributed by atoms with Crippen LogP contribution >= 0.6 is 0 Å². The van der Waals surface area contributed by atoms with E-state index in [9.17, 15) is 22.4 Å². The first kappa shape index (κ1) is 23.1. The molecule has 1 N–H and O–H groups in total. The van der Waals surface area contributed by atoms with E-state index in [1.54, 1.807) is 22.8 Å². The van der Waals surface area contributed by atoms with Crippen molar-refractivity contribution >= 4 is 32.3 Å². The lowest BCUT2D eigenvalue weighted by atomic mass is 10.1. The van der Waals surface area contributed by atoms with Gasteiger partial charge in [0.15, 0.2) is 9.84 Å². The molecular formula is C25H23FN4O4S. The number of anilines is 1. The molecular weight excluding hydrogens is 471 g/mol. The van der Waals surface area contributed by atoms with Gasteiger partial charge in [-0.2, -0.15) is 5.26 Å². The molecule has 0 saturated heterocycles. The van der Waals surface area contributed by atoms with Gasteiger partial charge in [-0.15, -0.1) is 0 Å². The molecule has 10 heteroatoms. The van der Waals surface area contributed by atoms with Gasteiger partial charge in [-0.25, -0.2) is 12.8 Å². The van der Waals surface area contributed by atoms with E-state index < -0.39 is 31.9 Å². The molecule has 3 aromatic rings. The number of rotatable bonds is 6. The number of aromatic nitrogens is 1. The van der Waals surface area contributed by atoms with Crippen molar-refractivity contribution < 1.29 is 17.6 Å². The van der Waals surface area contributed by atoms with Gasteiger partial charge in [0.2, 0.25) is 0 Å². The summed E-state index contributed by atoms with van der Waals surface area (Å²) in [6, 6.07) is 12.9. The third kappa shape index (κ3) is 3.96. The minimum Gasteiger partial charge on any atom is -0.366 e. The van der Waals surface area contributed by atoms with Gasteiger partial charge in [0, 0.05) is 37.8 Å². The van der Waals surface area contributed by atoms with Crippen LogP contribution in [0.1, 0.15) is 34.3 Å². The number of para-hydroxylation sites is 1. The van der Waals surface area contributed by atoms with Crippen LogP contribution < -0.4 is 15.8 Å². The molecule has 0 radical (unpaired) electrons. The summed E-state index contributed by atoms with van der Waals surface area (Å²) in [7, 11) is -3.20. The number of carbonyl (C=O) groups excluding carboxylic acids is 1. The van der Waals surface area contributed by atoms with E-state index in [1.165, 1.54) is 18.4 Å². The van der Waals surface area contributed by atoms with Gasteiger partial charge >= 0.3 is 0 Å². The van der Waals surface area contributed by atoms with E-state index in [2.05, 4.69) is 5.32 Å². The predicted molar refractivity (Wildman–Crippen MR) is 130 cm³/mol. The van der Waals surface area contributed by atoms with Crippen LogP contribution in [0.5, 0.6) is 0 Å². The average Bonchev–Trinajstić information content (AvgIpc) is 3.62. The largest absolute Gasteiger partial charge is 0.366 e. The number of nitrogens with zero attached hydrogens (tertiary/aromatic N) is 3. The van der Waals surface area contributed by atoms with E-state index >= 15 is 0 Å². The quantitative estimate of drug-likeness (QED) is 0.563. The van der Waals surface area contributed by atoms with Crippen molar-refractivity contribution in [2.24, 2.45) is 0 Å². The maximum absolute atomic E-state index is 13.9. The van der Waals surface area contributed by atoms with Crippen molar-refractivity contribution in [1.82, 2.24) is 9.88 Å². The van der Waals surface area contributed by atoms with Gasteiger partial charge in [0.25, 0.3) is 11.5 Å². The summed E-state index contributed by atoms with van der Waals surface area (Å²) < 4.78 is 39.3.